The van der Waals surface area contributed by atoms with Crippen LogP contribution in [0.15, 0.2) is 54.1 Å². The molecule has 0 heterocycles. The van der Waals surface area contributed by atoms with Gasteiger partial charge in [0.15, 0.2) is 11.6 Å². The van der Waals surface area contributed by atoms with E-state index in [0.29, 0.717) is 29.5 Å². The number of Topliss-reactive ketones (excluding diaryl/α,β-unsaturated/α-hetero) is 1. The van der Waals surface area contributed by atoms with Gasteiger partial charge in [0.05, 0.1) is 0 Å². The Morgan fingerprint density at radius 3 is 2.04 bits per heavy atom. The van der Waals surface area contributed by atoms with Crippen molar-refractivity contribution in [3.63, 3.8) is 0 Å². The van der Waals surface area contributed by atoms with Gasteiger partial charge in [-0.05, 0) is 28.3 Å². The Balaban J connectivity index is 2.18. The second kappa shape index (κ2) is 9.34. The molecular weight excluding hydrogens is 364 g/mol. The molecule has 0 amide bonds. The third kappa shape index (κ3) is 4.73. The Labute approximate surface area is 172 Å². The van der Waals surface area contributed by atoms with Crippen LogP contribution >= 0.6 is 0 Å². The monoisotopic (exact) mass is 400 g/mol. The lowest BCUT2D eigenvalue weighted by molar-refractivity contribution is -0.133. The van der Waals surface area contributed by atoms with E-state index in [4.69, 9.17) is 9.16 Å². The molecule has 0 radical (unpaired) electrons. The van der Waals surface area contributed by atoms with Gasteiger partial charge in [0.1, 0.15) is 0 Å². The minimum Gasteiger partial charge on any atom is -0.386 e. The van der Waals surface area contributed by atoms with Crippen LogP contribution < -0.4 is 0 Å². The highest BCUT2D eigenvalue weighted by molar-refractivity contribution is 6.77. The largest absolute Gasteiger partial charge is 0.386 e. The molecule has 0 aliphatic heterocycles. The number of methoxy groups -OCH3 is 1. The molecule has 1 atom stereocenters. The van der Waals surface area contributed by atoms with Crippen LogP contribution in [0.2, 0.25) is 16.6 Å². The van der Waals surface area contributed by atoms with Gasteiger partial charge < -0.3 is 9.16 Å². The first kappa shape index (κ1) is 22.8. The maximum atomic E-state index is 12.5. The standard InChI is InChI=1S/C24H36O3Si/c1-18(2)28(19(3)4,20(5)6)27-24(26-7)15-13-21(14-16-24)17-23(25)22-11-9-8-10-12-22/h8-15,18-20H,16-17H2,1-7H3. The van der Waals surface area contributed by atoms with Crippen LogP contribution in [0.25, 0.3) is 0 Å². The summed E-state index contributed by atoms with van der Waals surface area (Å²) in [5, 5.41) is 0. The van der Waals surface area contributed by atoms with Crippen molar-refractivity contribution in [2.75, 3.05) is 7.11 Å². The molecule has 2 rings (SSSR count). The van der Waals surface area contributed by atoms with E-state index >= 15 is 0 Å². The Bertz CT molecular complexity index is 697. The molecule has 0 fully saturated rings. The zero-order valence-corrected chi connectivity index (χ0v) is 19.5. The minimum absolute atomic E-state index is 0.137. The summed E-state index contributed by atoms with van der Waals surface area (Å²) in [6.07, 6.45) is 7.17. The summed E-state index contributed by atoms with van der Waals surface area (Å²) in [5.41, 5.74) is 3.23. The van der Waals surface area contributed by atoms with Crippen molar-refractivity contribution in [2.45, 2.75) is 76.8 Å². The van der Waals surface area contributed by atoms with E-state index in [1.807, 2.05) is 42.5 Å². The number of ketones is 1. The molecule has 28 heavy (non-hydrogen) atoms. The molecular formula is C24H36O3Si. The van der Waals surface area contributed by atoms with Gasteiger partial charge in [-0.3, -0.25) is 4.79 Å². The van der Waals surface area contributed by atoms with Gasteiger partial charge in [0.2, 0.25) is 8.32 Å². The average Bonchev–Trinajstić information content (AvgIpc) is 2.67. The third-order valence-electron chi connectivity index (χ3n) is 6.06. The first-order valence-electron chi connectivity index (χ1n) is 10.4. The Morgan fingerprint density at radius 1 is 1.04 bits per heavy atom. The van der Waals surface area contributed by atoms with Gasteiger partial charge in [-0.15, -0.1) is 0 Å². The molecule has 0 aromatic heterocycles. The van der Waals surface area contributed by atoms with Crippen molar-refractivity contribution in [1.29, 1.82) is 0 Å². The van der Waals surface area contributed by atoms with Gasteiger partial charge >= 0.3 is 0 Å². The SMILES string of the molecule is COC1(O[Si](C(C)C)(C(C)C)C(C)C)C=CC(CC(=O)c2ccccc2)=CC1. The lowest BCUT2D eigenvalue weighted by Gasteiger charge is -2.48. The smallest absolute Gasteiger partial charge is 0.204 e. The highest BCUT2D eigenvalue weighted by Crippen LogP contribution is 2.46. The van der Waals surface area contributed by atoms with Crippen molar-refractivity contribution < 1.29 is 14.0 Å². The average molecular weight is 401 g/mol. The number of benzene rings is 1. The summed E-state index contributed by atoms with van der Waals surface area (Å²) in [5.74, 6) is -0.595. The molecule has 154 valence electrons. The molecule has 1 aliphatic carbocycles. The number of hydrogen-bond donors (Lipinski definition) is 0. The summed E-state index contributed by atoms with van der Waals surface area (Å²) >= 11 is 0. The number of carbonyl (C=O) groups is 1. The van der Waals surface area contributed by atoms with Crippen LogP contribution in [0.4, 0.5) is 0 Å². The van der Waals surface area contributed by atoms with E-state index in [0.717, 1.165) is 11.1 Å². The van der Waals surface area contributed by atoms with E-state index in [9.17, 15) is 4.79 Å². The highest BCUT2D eigenvalue weighted by Gasteiger charge is 2.50. The number of hydrogen-bond acceptors (Lipinski definition) is 3. The molecule has 0 saturated heterocycles. The second-order valence-corrected chi connectivity index (χ2v) is 14.1. The molecule has 0 N–H and O–H groups in total. The molecule has 4 heteroatoms. The van der Waals surface area contributed by atoms with Gasteiger partial charge in [0.25, 0.3) is 0 Å². The lowest BCUT2D eigenvalue weighted by Crippen LogP contribution is -2.54. The van der Waals surface area contributed by atoms with Crippen LogP contribution in [-0.4, -0.2) is 27.0 Å². The number of carbonyl (C=O) groups excluding carboxylic acids is 1. The topological polar surface area (TPSA) is 35.5 Å². The number of ether oxygens (including phenoxy) is 1. The maximum Gasteiger partial charge on any atom is 0.204 e. The van der Waals surface area contributed by atoms with Crippen LogP contribution in [-0.2, 0) is 9.16 Å². The summed E-state index contributed by atoms with van der Waals surface area (Å²) in [6.45, 7) is 13.7. The van der Waals surface area contributed by atoms with Gasteiger partial charge in [-0.2, -0.15) is 0 Å². The highest BCUT2D eigenvalue weighted by atomic mass is 28.4. The Hall–Kier alpha value is -1.49. The van der Waals surface area contributed by atoms with Crippen molar-refractivity contribution in [2.24, 2.45) is 0 Å². The normalized spacial score (nSPS) is 20.1. The molecule has 0 saturated carbocycles. The van der Waals surface area contributed by atoms with Crippen molar-refractivity contribution in [3.05, 3.63) is 59.7 Å². The zero-order chi connectivity index (χ0) is 20.9. The zero-order valence-electron chi connectivity index (χ0n) is 18.5. The van der Waals surface area contributed by atoms with Crippen LogP contribution in [0, 0.1) is 0 Å². The Morgan fingerprint density at radius 2 is 1.61 bits per heavy atom. The fourth-order valence-corrected chi connectivity index (χ4v) is 10.1. The van der Waals surface area contributed by atoms with Crippen molar-refractivity contribution in [1.82, 2.24) is 0 Å². The molecule has 1 unspecified atom stereocenters. The quantitative estimate of drug-likeness (QED) is 0.263. The molecule has 1 aliphatic rings. The molecule has 0 spiro atoms. The fourth-order valence-electron chi connectivity index (χ4n) is 4.61. The summed E-state index contributed by atoms with van der Waals surface area (Å²) in [4.78, 5) is 12.5. The van der Waals surface area contributed by atoms with Gasteiger partial charge in [-0.1, -0.05) is 84.0 Å². The molecule has 1 aromatic carbocycles. The van der Waals surface area contributed by atoms with Crippen LogP contribution in [0.3, 0.4) is 0 Å². The summed E-state index contributed by atoms with van der Waals surface area (Å²) < 4.78 is 12.9. The Kier molecular flexibility index (Phi) is 7.60. The van der Waals surface area contributed by atoms with E-state index in [2.05, 4.69) is 47.6 Å². The number of allylic oxidation sites excluding steroid dienone is 2. The second-order valence-electron chi connectivity index (χ2n) is 8.72. The van der Waals surface area contributed by atoms with Crippen molar-refractivity contribution in [3.8, 4) is 0 Å². The molecule has 1 aromatic rings. The first-order valence-corrected chi connectivity index (χ1v) is 12.5. The summed E-state index contributed by atoms with van der Waals surface area (Å²) in [6, 6.07) is 9.46. The lowest BCUT2D eigenvalue weighted by atomic mass is 9.96. The van der Waals surface area contributed by atoms with Crippen molar-refractivity contribution >= 4 is 14.1 Å². The third-order valence-corrected chi connectivity index (χ3v) is 12.2. The van der Waals surface area contributed by atoms with E-state index < -0.39 is 14.1 Å². The first-order chi connectivity index (χ1) is 13.2. The van der Waals surface area contributed by atoms with E-state index in [-0.39, 0.29) is 5.78 Å². The summed E-state index contributed by atoms with van der Waals surface area (Å²) in [7, 11) is -0.367. The van der Waals surface area contributed by atoms with Gasteiger partial charge in [-0.25, -0.2) is 0 Å². The predicted octanol–water partition coefficient (Wildman–Crippen LogP) is 6.68. The molecule has 3 nitrogen and oxygen atoms in total. The minimum atomic E-state index is -2.09. The fraction of sp³-hybridized carbons (Fsp3) is 0.542. The molecule has 0 bridgehead atoms. The predicted molar refractivity (Wildman–Crippen MR) is 119 cm³/mol. The van der Waals surface area contributed by atoms with E-state index in [1.54, 1.807) is 7.11 Å². The maximum absolute atomic E-state index is 12.5. The number of rotatable bonds is 9. The van der Waals surface area contributed by atoms with Crippen LogP contribution in [0.5, 0.6) is 0 Å². The van der Waals surface area contributed by atoms with E-state index in [1.165, 1.54) is 0 Å². The van der Waals surface area contributed by atoms with Crippen LogP contribution in [0.1, 0.15) is 64.7 Å². The van der Waals surface area contributed by atoms with Gasteiger partial charge in [0, 0.05) is 25.5 Å².